The number of hydrogen-bond acceptors (Lipinski definition) is 3. The van der Waals surface area contributed by atoms with Crippen LogP contribution < -0.4 is 10.9 Å². The van der Waals surface area contributed by atoms with Crippen molar-refractivity contribution in [3.05, 3.63) is 79.6 Å². The summed E-state index contributed by atoms with van der Waals surface area (Å²) in [5.41, 5.74) is 0.568. The normalized spacial score (nSPS) is 10.7. The molecule has 1 amide bonds. The highest BCUT2D eigenvalue weighted by Gasteiger charge is 2.14. The van der Waals surface area contributed by atoms with E-state index in [0.717, 1.165) is 10.0 Å². The minimum Gasteiger partial charge on any atom is -0.422 e. The van der Waals surface area contributed by atoms with Gasteiger partial charge in [0.05, 0.1) is 0 Å². The van der Waals surface area contributed by atoms with E-state index in [1.807, 2.05) is 12.1 Å². The van der Waals surface area contributed by atoms with Gasteiger partial charge in [-0.2, -0.15) is 0 Å². The van der Waals surface area contributed by atoms with Gasteiger partial charge in [0, 0.05) is 21.4 Å². The molecular formula is C17H11BrClNO3. The van der Waals surface area contributed by atoms with Crippen molar-refractivity contribution in [2.75, 3.05) is 0 Å². The second-order valence-electron chi connectivity index (χ2n) is 4.91. The second kappa shape index (κ2) is 6.56. The summed E-state index contributed by atoms with van der Waals surface area (Å²) in [6, 6.07) is 13.9. The summed E-state index contributed by atoms with van der Waals surface area (Å²) in [7, 11) is 0. The van der Waals surface area contributed by atoms with Gasteiger partial charge in [0.15, 0.2) is 0 Å². The van der Waals surface area contributed by atoms with Crippen molar-refractivity contribution in [1.82, 2.24) is 5.32 Å². The standard InChI is InChI=1S/C17H11BrClNO3/c18-14-5-2-6-15-12(14)8-13(17(22)23-15)16(21)20-9-10-3-1-4-11(19)7-10/h1-8H,9H2,(H,20,21). The van der Waals surface area contributed by atoms with Crippen molar-refractivity contribution in [3.8, 4) is 0 Å². The monoisotopic (exact) mass is 391 g/mol. The molecule has 1 N–H and O–H groups in total. The van der Waals surface area contributed by atoms with E-state index in [-0.39, 0.29) is 12.1 Å². The van der Waals surface area contributed by atoms with E-state index in [0.29, 0.717) is 16.0 Å². The zero-order chi connectivity index (χ0) is 16.4. The number of fused-ring (bicyclic) bond motifs is 1. The van der Waals surface area contributed by atoms with Gasteiger partial charge in [0.25, 0.3) is 5.91 Å². The zero-order valence-corrected chi connectivity index (χ0v) is 14.1. The molecule has 1 heterocycles. The molecule has 0 fully saturated rings. The van der Waals surface area contributed by atoms with Gasteiger partial charge in [0.1, 0.15) is 11.1 Å². The summed E-state index contributed by atoms with van der Waals surface area (Å²) in [6.07, 6.45) is 0. The van der Waals surface area contributed by atoms with Crippen LogP contribution in [-0.4, -0.2) is 5.91 Å². The molecule has 0 bridgehead atoms. The lowest BCUT2D eigenvalue weighted by atomic mass is 10.1. The van der Waals surface area contributed by atoms with E-state index in [1.54, 1.807) is 30.3 Å². The first-order valence-corrected chi connectivity index (χ1v) is 7.97. The Morgan fingerprint density at radius 2 is 1.96 bits per heavy atom. The van der Waals surface area contributed by atoms with E-state index >= 15 is 0 Å². The number of hydrogen-bond donors (Lipinski definition) is 1. The van der Waals surface area contributed by atoms with Gasteiger partial charge in [-0.1, -0.05) is 45.7 Å². The zero-order valence-electron chi connectivity index (χ0n) is 11.8. The van der Waals surface area contributed by atoms with Gasteiger partial charge in [-0.05, 0) is 35.9 Å². The third kappa shape index (κ3) is 3.46. The van der Waals surface area contributed by atoms with Crippen LogP contribution in [0, 0.1) is 0 Å². The van der Waals surface area contributed by atoms with Crippen molar-refractivity contribution < 1.29 is 9.21 Å². The lowest BCUT2D eigenvalue weighted by molar-refractivity contribution is 0.0947. The van der Waals surface area contributed by atoms with Crippen LogP contribution in [0.25, 0.3) is 11.0 Å². The number of halogens is 2. The van der Waals surface area contributed by atoms with Crippen molar-refractivity contribution in [3.63, 3.8) is 0 Å². The molecule has 2 aromatic carbocycles. The number of amides is 1. The molecule has 0 saturated carbocycles. The Labute approximate surface area is 145 Å². The average Bonchev–Trinajstić information content (AvgIpc) is 2.52. The fraction of sp³-hybridized carbons (Fsp3) is 0.0588. The van der Waals surface area contributed by atoms with E-state index < -0.39 is 11.5 Å². The first-order valence-electron chi connectivity index (χ1n) is 6.79. The highest BCUT2D eigenvalue weighted by molar-refractivity contribution is 9.10. The van der Waals surface area contributed by atoms with Crippen molar-refractivity contribution in [2.45, 2.75) is 6.54 Å². The number of carbonyl (C=O) groups is 1. The van der Waals surface area contributed by atoms with Crippen LogP contribution in [0.5, 0.6) is 0 Å². The van der Waals surface area contributed by atoms with Crippen molar-refractivity contribution in [1.29, 1.82) is 0 Å². The molecule has 116 valence electrons. The number of rotatable bonds is 3. The van der Waals surface area contributed by atoms with Crippen molar-refractivity contribution >= 4 is 44.4 Å². The summed E-state index contributed by atoms with van der Waals surface area (Å²) in [5.74, 6) is -0.489. The van der Waals surface area contributed by atoms with Crippen LogP contribution in [0.1, 0.15) is 15.9 Å². The topological polar surface area (TPSA) is 59.3 Å². The summed E-state index contributed by atoms with van der Waals surface area (Å²) < 4.78 is 5.95. The molecule has 0 aliphatic rings. The Bertz CT molecular complexity index is 952. The Morgan fingerprint density at radius 1 is 1.17 bits per heavy atom. The molecule has 3 aromatic rings. The van der Waals surface area contributed by atoms with E-state index in [1.165, 1.54) is 6.07 Å². The molecule has 0 atom stereocenters. The third-order valence-corrected chi connectivity index (χ3v) is 4.24. The van der Waals surface area contributed by atoms with Gasteiger partial charge in [-0.3, -0.25) is 4.79 Å². The minimum atomic E-state index is -0.667. The smallest absolute Gasteiger partial charge is 0.349 e. The third-order valence-electron chi connectivity index (χ3n) is 3.31. The molecule has 0 spiro atoms. The fourth-order valence-electron chi connectivity index (χ4n) is 2.19. The fourth-order valence-corrected chi connectivity index (χ4v) is 2.86. The number of carbonyl (C=O) groups excluding carboxylic acids is 1. The van der Waals surface area contributed by atoms with Crippen LogP contribution in [0.15, 0.2) is 62.2 Å². The van der Waals surface area contributed by atoms with Gasteiger partial charge in [0.2, 0.25) is 0 Å². The van der Waals surface area contributed by atoms with Gasteiger partial charge in [-0.25, -0.2) is 4.79 Å². The van der Waals surface area contributed by atoms with Crippen LogP contribution in [0.4, 0.5) is 0 Å². The van der Waals surface area contributed by atoms with Crippen molar-refractivity contribution in [2.24, 2.45) is 0 Å². The van der Waals surface area contributed by atoms with Crippen LogP contribution >= 0.6 is 27.5 Å². The molecule has 1 aromatic heterocycles. The maximum absolute atomic E-state index is 12.3. The predicted molar refractivity (Wildman–Crippen MR) is 92.8 cm³/mol. The maximum Gasteiger partial charge on any atom is 0.349 e. The Kier molecular flexibility index (Phi) is 4.50. The number of benzene rings is 2. The van der Waals surface area contributed by atoms with E-state index in [9.17, 15) is 9.59 Å². The lowest BCUT2D eigenvalue weighted by Gasteiger charge is -2.06. The first kappa shape index (κ1) is 15.8. The molecule has 23 heavy (non-hydrogen) atoms. The van der Waals surface area contributed by atoms with Gasteiger partial charge < -0.3 is 9.73 Å². The van der Waals surface area contributed by atoms with Crippen LogP contribution in [-0.2, 0) is 6.54 Å². The van der Waals surface area contributed by atoms with Crippen LogP contribution in [0.2, 0.25) is 5.02 Å². The molecule has 0 aliphatic heterocycles. The predicted octanol–water partition coefficient (Wildman–Crippen LogP) is 4.14. The summed E-state index contributed by atoms with van der Waals surface area (Å²) in [6.45, 7) is 0.271. The summed E-state index contributed by atoms with van der Waals surface area (Å²) in [4.78, 5) is 24.2. The highest BCUT2D eigenvalue weighted by Crippen LogP contribution is 2.23. The molecule has 4 nitrogen and oxygen atoms in total. The Hall–Kier alpha value is -2.11. The van der Waals surface area contributed by atoms with E-state index in [4.69, 9.17) is 16.0 Å². The molecular weight excluding hydrogens is 382 g/mol. The second-order valence-corrected chi connectivity index (χ2v) is 6.20. The molecule has 0 unspecified atom stereocenters. The molecule has 0 saturated heterocycles. The van der Waals surface area contributed by atoms with Gasteiger partial charge >= 0.3 is 5.63 Å². The highest BCUT2D eigenvalue weighted by atomic mass is 79.9. The summed E-state index contributed by atoms with van der Waals surface area (Å²) >= 11 is 9.28. The average molecular weight is 393 g/mol. The SMILES string of the molecule is O=C(NCc1cccc(Cl)c1)c1cc2c(Br)cccc2oc1=O. The Balaban J connectivity index is 1.87. The van der Waals surface area contributed by atoms with E-state index in [2.05, 4.69) is 21.2 Å². The van der Waals surface area contributed by atoms with Gasteiger partial charge in [-0.15, -0.1) is 0 Å². The minimum absolute atomic E-state index is 0.0357. The lowest BCUT2D eigenvalue weighted by Crippen LogP contribution is -2.27. The quantitative estimate of drug-likeness (QED) is 0.682. The Morgan fingerprint density at radius 3 is 2.74 bits per heavy atom. The summed E-state index contributed by atoms with van der Waals surface area (Å²) in [5, 5.41) is 3.95. The molecule has 0 aliphatic carbocycles. The van der Waals surface area contributed by atoms with Crippen LogP contribution in [0.3, 0.4) is 0 Å². The number of nitrogens with one attached hydrogen (secondary N) is 1. The maximum atomic E-state index is 12.3. The largest absolute Gasteiger partial charge is 0.422 e. The molecule has 0 radical (unpaired) electrons. The molecule has 6 heteroatoms. The molecule has 3 rings (SSSR count). The first-order chi connectivity index (χ1) is 11.0.